The van der Waals surface area contributed by atoms with Crippen molar-refractivity contribution in [2.24, 2.45) is 5.92 Å². The summed E-state index contributed by atoms with van der Waals surface area (Å²) in [5, 5.41) is 0.345. The molecule has 0 aromatic rings. The molecule has 0 N–H and O–H groups in total. The molecule has 3 heteroatoms. The van der Waals surface area contributed by atoms with Crippen LogP contribution >= 0.6 is 11.8 Å². The van der Waals surface area contributed by atoms with E-state index in [0.29, 0.717) is 23.6 Å². The highest BCUT2D eigenvalue weighted by Crippen LogP contribution is 2.36. The van der Waals surface area contributed by atoms with E-state index < -0.39 is 0 Å². The SMILES string of the molecule is CCCCSC(=O)CC1CC2C=CC1O2. The molecule has 2 aliphatic rings. The Bertz CT molecular complexity index is 262. The predicted molar refractivity (Wildman–Crippen MR) is 62.9 cm³/mol. The second-order valence-electron chi connectivity index (χ2n) is 4.30. The molecule has 0 aliphatic carbocycles. The van der Waals surface area contributed by atoms with Gasteiger partial charge in [-0.25, -0.2) is 0 Å². The van der Waals surface area contributed by atoms with Gasteiger partial charge in [0.15, 0.2) is 5.12 Å². The van der Waals surface area contributed by atoms with Gasteiger partial charge in [-0.15, -0.1) is 0 Å². The van der Waals surface area contributed by atoms with Gasteiger partial charge in [0.25, 0.3) is 0 Å². The van der Waals surface area contributed by atoms with E-state index in [-0.39, 0.29) is 6.10 Å². The van der Waals surface area contributed by atoms with E-state index in [2.05, 4.69) is 19.1 Å². The third kappa shape index (κ3) is 2.85. The summed E-state index contributed by atoms with van der Waals surface area (Å²) < 4.78 is 5.64. The first-order valence-electron chi connectivity index (χ1n) is 5.79. The van der Waals surface area contributed by atoms with E-state index in [1.807, 2.05) is 0 Å². The van der Waals surface area contributed by atoms with E-state index in [1.165, 1.54) is 18.2 Å². The van der Waals surface area contributed by atoms with Gasteiger partial charge < -0.3 is 4.74 Å². The summed E-state index contributed by atoms with van der Waals surface area (Å²) in [5.41, 5.74) is 0. The number of ether oxygens (including phenoxy) is 1. The predicted octanol–water partition coefficient (Wildman–Crippen LogP) is 2.78. The summed E-state index contributed by atoms with van der Waals surface area (Å²) in [6.45, 7) is 2.15. The number of rotatable bonds is 5. The molecule has 0 aromatic heterocycles. The van der Waals surface area contributed by atoms with E-state index in [9.17, 15) is 4.79 Å². The second kappa shape index (κ2) is 5.17. The van der Waals surface area contributed by atoms with Crippen molar-refractivity contribution in [3.63, 3.8) is 0 Å². The lowest BCUT2D eigenvalue weighted by atomic mass is 9.92. The van der Waals surface area contributed by atoms with Crippen molar-refractivity contribution >= 4 is 16.9 Å². The normalized spacial score (nSPS) is 32.5. The van der Waals surface area contributed by atoms with Crippen LogP contribution in [0.3, 0.4) is 0 Å². The quantitative estimate of drug-likeness (QED) is 0.532. The van der Waals surface area contributed by atoms with Crippen molar-refractivity contribution in [3.05, 3.63) is 12.2 Å². The van der Waals surface area contributed by atoms with Gasteiger partial charge in [0, 0.05) is 12.2 Å². The average molecular weight is 226 g/mol. The number of hydrogen-bond donors (Lipinski definition) is 0. The Labute approximate surface area is 95.5 Å². The van der Waals surface area contributed by atoms with Crippen molar-refractivity contribution in [1.82, 2.24) is 0 Å². The zero-order valence-corrected chi connectivity index (χ0v) is 9.96. The molecule has 2 heterocycles. The van der Waals surface area contributed by atoms with Gasteiger partial charge in [-0.05, 0) is 18.8 Å². The van der Waals surface area contributed by atoms with E-state index in [1.54, 1.807) is 0 Å². The van der Waals surface area contributed by atoms with Gasteiger partial charge in [0.2, 0.25) is 0 Å². The lowest BCUT2D eigenvalue weighted by molar-refractivity contribution is -0.112. The van der Waals surface area contributed by atoms with Crippen LogP contribution in [-0.4, -0.2) is 23.1 Å². The summed E-state index contributed by atoms with van der Waals surface area (Å²) in [6, 6.07) is 0. The summed E-state index contributed by atoms with van der Waals surface area (Å²) in [4.78, 5) is 11.6. The molecule has 0 spiro atoms. The van der Waals surface area contributed by atoms with Gasteiger partial charge >= 0.3 is 0 Å². The van der Waals surface area contributed by atoms with E-state index in [4.69, 9.17) is 4.74 Å². The van der Waals surface area contributed by atoms with Crippen molar-refractivity contribution in [2.45, 2.75) is 44.8 Å². The van der Waals surface area contributed by atoms with Gasteiger partial charge in [0.05, 0.1) is 12.2 Å². The number of fused-ring (bicyclic) bond motifs is 2. The number of thioether (sulfide) groups is 1. The lowest BCUT2D eigenvalue weighted by Crippen LogP contribution is -2.16. The van der Waals surface area contributed by atoms with Gasteiger partial charge in [-0.1, -0.05) is 37.3 Å². The van der Waals surface area contributed by atoms with Crippen LogP contribution in [0, 0.1) is 5.92 Å². The topological polar surface area (TPSA) is 26.3 Å². The molecule has 0 amide bonds. The number of unbranched alkanes of at least 4 members (excludes halogenated alkanes) is 1. The summed E-state index contributed by atoms with van der Waals surface area (Å²) in [7, 11) is 0. The molecule has 2 aliphatic heterocycles. The van der Waals surface area contributed by atoms with Gasteiger partial charge in [0.1, 0.15) is 0 Å². The summed E-state index contributed by atoms with van der Waals surface area (Å²) in [6.07, 6.45) is 8.81. The largest absolute Gasteiger partial charge is 0.367 e. The zero-order valence-electron chi connectivity index (χ0n) is 9.15. The van der Waals surface area contributed by atoms with Crippen molar-refractivity contribution < 1.29 is 9.53 Å². The highest BCUT2D eigenvalue weighted by atomic mass is 32.2. The molecule has 0 aromatic carbocycles. The second-order valence-corrected chi connectivity index (χ2v) is 5.45. The molecular formula is C12H18O2S. The lowest BCUT2D eigenvalue weighted by Gasteiger charge is -2.13. The van der Waals surface area contributed by atoms with Crippen LogP contribution in [0.15, 0.2) is 12.2 Å². The van der Waals surface area contributed by atoms with E-state index in [0.717, 1.165) is 18.6 Å². The highest BCUT2D eigenvalue weighted by molar-refractivity contribution is 8.13. The van der Waals surface area contributed by atoms with Crippen molar-refractivity contribution in [3.8, 4) is 0 Å². The molecule has 1 saturated heterocycles. The Kier molecular flexibility index (Phi) is 3.87. The molecular weight excluding hydrogens is 208 g/mol. The first kappa shape index (κ1) is 11.2. The molecule has 2 rings (SSSR count). The molecule has 0 saturated carbocycles. The van der Waals surface area contributed by atoms with Gasteiger partial charge in [-0.3, -0.25) is 4.79 Å². The maximum absolute atomic E-state index is 11.6. The fourth-order valence-electron chi connectivity index (χ4n) is 2.16. The Morgan fingerprint density at radius 3 is 3.00 bits per heavy atom. The monoisotopic (exact) mass is 226 g/mol. The summed E-state index contributed by atoms with van der Waals surface area (Å²) in [5.74, 6) is 1.42. The Hall–Kier alpha value is -0.280. The van der Waals surface area contributed by atoms with E-state index >= 15 is 0 Å². The van der Waals surface area contributed by atoms with Crippen LogP contribution in [0.1, 0.15) is 32.6 Å². The minimum atomic E-state index is 0.228. The number of carbonyl (C=O) groups is 1. The molecule has 3 atom stereocenters. The van der Waals surface area contributed by atoms with Crippen LogP contribution in [0.4, 0.5) is 0 Å². The minimum Gasteiger partial charge on any atom is -0.367 e. The molecule has 2 nitrogen and oxygen atoms in total. The fourth-order valence-corrected chi connectivity index (χ4v) is 3.16. The van der Waals surface area contributed by atoms with Crippen molar-refractivity contribution in [1.29, 1.82) is 0 Å². The average Bonchev–Trinajstić information content (AvgIpc) is 2.79. The number of hydrogen-bond acceptors (Lipinski definition) is 3. The third-order valence-electron chi connectivity index (χ3n) is 3.04. The summed E-state index contributed by atoms with van der Waals surface area (Å²) >= 11 is 1.50. The fraction of sp³-hybridized carbons (Fsp3) is 0.750. The molecule has 0 radical (unpaired) electrons. The van der Waals surface area contributed by atoms with Crippen LogP contribution in [0.2, 0.25) is 0 Å². The zero-order chi connectivity index (χ0) is 10.7. The Morgan fingerprint density at radius 1 is 1.53 bits per heavy atom. The van der Waals surface area contributed by atoms with Crippen LogP contribution < -0.4 is 0 Å². The standard InChI is InChI=1S/C12H18O2S/c1-2-3-6-15-12(13)8-9-7-10-4-5-11(9)14-10/h4-5,9-11H,2-3,6-8H2,1H3. The van der Waals surface area contributed by atoms with Crippen LogP contribution in [0.25, 0.3) is 0 Å². The minimum absolute atomic E-state index is 0.228. The Morgan fingerprint density at radius 2 is 2.40 bits per heavy atom. The molecule has 84 valence electrons. The highest BCUT2D eigenvalue weighted by Gasteiger charge is 2.37. The smallest absolute Gasteiger partial charge is 0.189 e. The van der Waals surface area contributed by atoms with Crippen molar-refractivity contribution in [2.75, 3.05) is 5.75 Å². The first-order chi connectivity index (χ1) is 7.29. The third-order valence-corrected chi connectivity index (χ3v) is 4.02. The van der Waals surface area contributed by atoms with Crippen LogP contribution in [-0.2, 0) is 9.53 Å². The Balaban J connectivity index is 1.69. The number of carbonyl (C=O) groups excluding carboxylic acids is 1. The maximum Gasteiger partial charge on any atom is 0.189 e. The van der Waals surface area contributed by atoms with Crippen LogP contribution in [0.5, 0.6) is 0 Å². The molecule has 2 bridgehead atoms. The molecule has 3 unspecified atom stereocenters. The maximum atomic E-state index is 11.6. The molecule has 15 heavy (non-hydrogen) atoms. The van der Waals surface area contributed by atoms with Gasteiger partial charge in [-0.2, -0.15) is 0 Å². The first-order valence-corrected chi connectivity index (χ1v) is 6.77. The molecule has 1 fully saturated rings.